The lowest BCUT2D eigenvalue weighted by Gasteiger charge is -2.38. The zero-order valence-electron chi connectivity index (χ0n) is 21.1. The number of nitrogens with one attached hydrogen (secondary N) is 2. The van der Waals surface area contributed by atoms with E-state index in [-0.39, 0.29) is 17.1 Å². The van der Waals surface area contributed by atoms with Crippen molar-refractivity contribution in [2.24, 2.45) is 5.92 Å². The van der Waals surface area contributed by atoms with Crippen molar-refractivity contribution in [2.75, 3.05) is 53.6 Å². The summed E-state index contributed by atoms with van der Waals surface area (Å²) in [6.07, 6.45) is 6.81. The van der Waals surface area contributed by atoms with E-state index < -0.39 is 18.0 Å². The number of halogens is 2. The summed E-state index contributed by atoms with van der Waals surface area (Å²) in [5.74, 6) is 0.146. The molecule has 0 aromatic heterocycles. The molecule has 1 aliphatic carbocycles. The lowest BCUT2D eigenvalue weighted by atomic mass is 9.85. The number of nitrogens with zero attached hydrogens (tertiary/aromatic N) is 1. The Balaban J connectivity index is 1.66. The van der Waals surface area contributed by atoms with E-state index >= 15 is 0 Å². The molecule has 2 N–H and O–H groups in total. The van der Waals surface area contributed by atoms with E-state index in [1.165, 1.54) is 38.2 Å². The average molecular weight is 514 g/mol. The molecule has 0 spiro atoms. The third kappa shape index (κ3) is 8.57. The topological polar surface area (TPSA) is 72.1 Å². The Kier molecular flexibility index (Phi) is 12.0. The van der Waals surface area contributed by atoms with Crippen molar-refractivity contribution < 1.29 is 23.4 Å². The van der Waals surface area contributed by atoms with Crippen LogP contribution < -0.4 is 10.6 Å². The van der Waals surface area contributed by atoms with Gasteiger partial charge in [0.1, 0.15) is 18.0 Å². The van der Waals surface area contributed by atoms with Crippen molar-refractivity contribution >= 4 is 17.6 Å². The molecule has 1 unspecified atom stereocenters. The molecule has 7 nitrogen and oxygen atoms in total. The van der Waals surface area contributed by atoms with Crippen molar-refractivity contribution in [3.63, 3.8) is 0 Å². The molecule has 0 radical (unpaired) electrons. The molecule has 3 atom stereocenters. The molecule has 35 heavy (non-hydrogen) atoms. The molecule has 1 heterocycles. The SMILES string of the molecule is CNC[C@H](CC1CCCCC1)NC(=O)N1CCO[C@@H](C(OCCCOC)c2cccc(Cl)c2F)C1. The molecule has 1 aromatic rings. The summed E-state index contributed by atoms with van der Waals surface area (Å²) in [4.78, 5) is 15.0. The zero-order valence-corrected chi connectivity index (χ0v) is 21.8. The first-order valence-electron chi connectivity index (χ1n) is 12.9. The molecule has 2 amide bonds. The number of carbonyl (C=O) groups is 1. The molecule has 1 saturated heterocycles. The summed E-state index contributed by atoms with van der Waals surface area (Å²) in [6.45, 7) is 2.79. The fourth-order valence-corrected chi connectivity index (χ4v) is 5.31. The average Bonchev–Trinajstić information content (AvgIpc) is 2.87. The van der Waals surface area contributed by atoms with Crippen LogP contribution in [0.2, 0.25) is 5.02 Å². The minimum atomic E-state index is -0.684. The van der Waals surface area contributed by atoms with Crippen LogP contribution in [0.3, 0.4) is 0 Å². The van der Waals surface area contributed by atoms with Gasteiger partial charge >= 0.3 is 6.03 Å². The van der Waals surface area contributed by atoms with E-state index in [1.54, 1.807) is 24.1 Å². The van der Waals surface area contributed by atoms with Gasteiger partial charge in [0.15, 0.2) is 0 Å². The first-order chi connectivity index (χ1) is 17.0. The number of likely N-dealkylation sites (N-methyl/N-ethyl adjacent to an activating group) is 1. The Labute approximate surface area is 214 Å². The second-order valence-electron chi connectivity index (χ2n) is 9.58. The zero-order chi connectivity index (χ0) is 25.0. The van der Waals surface area contributed by atoms with Gasteiger partial charge in [0.05, 0.1) is 18.2 Å². The molecular weight excluding hydrogens is 473 g/mol. The molecule has 198 valence electrons. The van der Waals surface area contributed by atoms with Crippen LogP contribution in [0.1, 0.15) is 56.6 Å². The summed E-state index contributed by atoms with van der Waals surface area (Å²) >= 11 is 6.05. The number of hydrogen-bond acceptors (Lipinski definition) is 5. The number of morpholine rings is 1. The van der Waals surface area contributed by atoms with Gasteiger partial charge in [0.2, 0.25) is 0 Å². The Hall–Kier alpha value is -1.45. The first kappa shape index (κ1) is 28.1. The molecule has 3 rings (SSSR count). The Bertz CT molecular complexity index is 781. The van der Waals surface area contributed by atoms with Gasteiger partial charge in [-0.15, -0.1) is 0 Å². The molecule has 1 aliphatic heterocycles. The van der Waals surface area contributed by atoms with E-state index in [0.29, 0.717) is 50.8 Å². The standard InChI is InChI=1S/C26H41ClFN3O4/c1-29-17-20(16-19-8-4-3-5-9-19)30-26(32)31-12-15-34-23(18-31)25(35-14-7-13-33-2)21-10-6-11-22(27)24(21)28/h6,10-11,19-20,23,25,29H,3-5,7-9,12-18H2,1-2H3,(H,30,32)/t20-,23+,25?/m0/s1. The number of carbonyl (C=O) groups excluding carboxylic acids is 1. The Morgan fingerprint density at radius 2 is 2.09 bits per heavy atom. The van der Waals surface area contributed by atoms with Gasteiger partial charge in [0.25, 0.3) is 0 Å². The number of methoxy groups -OCH3 is 1. The molecule has 9 heteroatoms. The molecular formula is C26H41ClFN3O4. The van der Waals surface area contributed by atoms with Crippen LogP contribution in [0, 0.1) is 11.7 Å². The lowest BCUT2D eigenvalue weighted by molar-refractivity contribution is -0.108. The van der Waals surface area contributed by atoms with Crippen molar-refractivity contribution in [1.82, 2.24) is 15.5 Å². The fraction of sp³-hybridized carbons (Fsp3) is 0.731. The van der Waals surface area contributed by atoms with Crippen molar-refractivity contribution in [3.05, 3.63) is 34.6 Å². The third-order valence-corrected chi connectivity index (χ3v) is 7.21. The largest absolute Gasteiger partial charge is 0.385 e. The molecule has 1 aromatic carbocycles. The first-order valence-corrected chi connectivity index (χ1v) is 13.3. The number of amides is 2. The highest BCUT2D eigenvalue weighted by atomic mass is 35.5. The lowest BCUT2D eigenvalue weighted by Crippen LogP contribution is -2.54. The number of ether oxygens (including phenoxy) is 3. The number of urea groups is 1. The van der Waals surface area contributed by atoms with Gasteiger partial charge < -0.3 is 29.7 Å². The fourth-order valence-electron chi connectivity index (χ4n) is 5.13. The normalized spacial score (nSPS) is 21.0. The van der Waals surface area contributed by atoms with Gasteiger partial charge in [-0.2, -0.15) is 0 Å². The van der Waals surface area contributed by atoms with Crippen molar-refractivity contribution in [3.8, 4) is 0 Å². The van der Waals surface area contributed by atoms with E-state index in [4.69, 9.17) is 25.8 Å². The molecule has 0 bridgehead atoms. The molecule has 1 saturated carbocycles. The van der Waals surface area contributed by atoms with Gasteiger partial charge in [-0.25, -0.2) is 9.18 Å². The minimum absolute atomic E-state index is 0.0380. The van der Waals surface area contributed by atoms with Crippen LogP contribution in [0.5, 0.6) is 0 Å². The van der Waals surface area contributed by atoms with Crippen LogP contribution >= 0.6 is 11.6 Å². The highest BCUT2D eigenvalue weighted by Gasteiger charge is 2.34. The van der Waals surface area contributed by atoms with Gasteiger partial charge in [-0.1, -0.05) is 55.8 Å². The van der Waals surface area contributed by atoms with E-state index in [0.717, 1.165) is 13.0 Å². The van der Waals surface area contributed by atoms with E-state index in [9.17, 15) is 9.18 Å². The molecule has 2 aliphatic rings. The third-order valence-electron chi connectivity index (χ3n) is 6.92. The predicted molar refractivity (Wildman–Crippen MR) is 135 cm³/mol. The smallest absolute Gasteiger partial charge is 0.317 e. The number of hydrogen-bond donors (Lipinski definition) is 2. The monoisotopic (exact) mass is 513 g/mol. The Morgan fingerprint density at radius 1 is 1.29 bits per heavy atom. The Morgan fingerprint density at radius 3 is 2.83 bits per heavy atom. The van der Waals surface area contributed by atoms with E-state index in [2.05, 4.69) is 10.6 Å². The minimum Gasteiger partial charge on any atom is -0.385 e. The van der Waals surface area contributed by atoms with Gasteiger partial charge in [-0.3, -0.25) is 0 Å². The van der Waals surface area contributed by atoms with Gasteiger partial charge in [-0.05, 0) is 31.9 Å². The summed E-state index contributed by atoms with van der Waals surface area (Å²) in [7, 11) is 3.54. The van der Waals surface area contributed by atoms with Crippen LogP contribution in [-0.4, -0.2) is 76.7 Å². The predicted octanol–water partition coefficient (Wildman–Crippen LogP) is 4.54. The maximum Gasteiger partial charge on any atom is 0.317 e. The van der Waals surface area contributed by atoms with E-state index in [1.807, 2.05) is 7.05 Å². The number of benzene rings is 1. The maximum absolute atomic E-state index is 14.9. The summed E-state index contributed by atoms with van der Waals surface area (Å²) in [6, 6.07) is 4.84. The quantitative estimate of drug-likeness (QED) is 0.401. The highest BCUT2D eigenvalue weighted by Crippen LogP contribution is 2.32. The maximum atomic E-state index is 14.9. The van der Waals surface area contributed by atoms with Crippen LogP contribution in [0.15, 0.2) is 18.2 Å². The highest BCUT2D eigenvalue weighted by molar-refractivity contribution is 6.30. The van der Waals surface area contributed by atoms with Crippen molar-refractivity contribution in [2.45, 2.75) is 63.2 Å². The summed E-state index contributed by atoms with van der Waals surface area (Å²) in [5, 5.41) is 6.49. The summed E-state index contributed by atoms with van der Waals surface area (Å²) in [5.41, 5.74) is 0.340. The van der Waals surface area contributed by atoms with Crippen LogP contribution in [0.25, 0.3) is 0 Å². The molecule has 2 fully saturated rings. The van der Waals surface area contributed by atoms with Crippen LogP contribution in [-0.2, 0) is 14.2 Å². The second-order valence-corrected chi connectivity index (χ2v) is 9.99. The summed E-state index contributed by atoms with van der Waals surface area (Å²) < 4.78 is 32.1. The van der Waals surface area contributed by atoms with Crippen LogP contribution in [0.4, 0.5) is 9.18 Å². The van der Waals surface area contributed by atoms with Crippen molar-refractivity contribution in [1.29, 1.82) is 0 Å². The second kappa shape index (κ2) is 15.0. The van der Waals surface area contributed by atoms with Gasteiger partial charge in [0, 0.05) is 45.0 Å². The number of rotatable bonds is 12.